The zero-order valence-corrected chi connectivity index (χ0v) is 12.4. The SMILES string of the molecule is Nc1ccc(N)c(/C=C/CNc2ccc(N)c(CCO)c2)c1. The lowest BCUT2D eigenvalue weighted by Crippen LogP contribution is -2.02. The second-order valence-corrected chi connectivity index (χ2v) is 5.06. The third-order valence-electron chi connectivity index (χ3n) is 3.36. The first-order valence-corrected chi connectivity index (χ1v) is 7.15. The Labute approximate surface area is 130 Å². The number of hydrogen-bond donors (Lipinski definition) is 5. The topological polar surface area (TPSA) is 110 Å². The lowest BCUT2D eigenvalue weighted by Gasteiger charge is -2.09. The number of nitrogen functional groups attached to an aromatic ring is 3. The Morgan fingerprint density at radius 1 is 1.00 bits per heavy atom. The minimum absolute atomic E-state index is 0.0856. The van der Waals surface area contributed by atoms with Gasteiger partial charge in [-0.15, -0.1) is 0 Å². The number of nitrogens with one attached hydrogen (secondary N) is 1. The summed E-state index contributed by atoms with van der Waals surface area (Å²) in [6, 6.07) is 11.1. The Morgan fingerprint density at radius 3 is 2.55 bits per heavy atom. The van der Waals surface area contributed by atoms with Crippen molar-refractivity contribution >= 4 is 28.8 Å². The second-order valence-electron chi connectivity index (χ2n) is 5.06. The van der Waals surface area contributed by atoms with Gasteiger partial charge in [-0.2, -0.15) is 0 Å². The number of aliphatic hydroxyl groups excluding tert-OH is 1. The summed E-state index contributed by atoms with van der Waals surface area (Å²) in [4.78, 5) is 0. The number of aliphatic hydroxyl groups is 1. The van der Waals surface area contributed by atoms with Crippen molar-refractivity contribution < 1.29 is 5.11 Å². The van der Waals surface area contributed by atoms with E-state index in [-0.39, 0.29) is 6.61 Å². The van der Waals surface area contributed by atoms with Crippen LogP contribution in [-0.2, 0) is 6.42 Å². The fourth-order valence-corrected chi connectivity index (χ4v) is 2.15. The standard InChI is InChI=1S/C17H22N4O/c18-14-3-5-16(19)12(10-14)2-1-8-21-15-4-6-17(20)13(11-15)7-9-22/h1-6,10-11,21-22H,7-9,18-20H2/b2-1+. The summed E-state index contributed by atoms with van der Waals surface area (Å²) in [5, 5.41) is 12.3. The highest BCUT2D eigenvalue weighted by Crippen LogP contribution is 2.19. The molecule has 0 atom stereocenters. The van der Waals surface area contributed by atoms with Crippen LogP contribution in [0.5, 0.6) is 0 Å². The Hall–Kier alpha value is -2.66. The predicted octanol–water partition coefficient (Wildman–Crippen LogP) is 2.09. The molecule has 8 N–H and O–H groups in total. The molecule has 5 nitrogen and oxygen atoms in total. The van der Waals surface area contributed by atoms with Gasteiger partial charge in [-0.3, -0.25) is 0 Å². The Balaban J connectivity index is 1.97. The number of rotatable bonds is 6. The maximum Gasteiger partial charge on any atom is 0.0472 e. The molecule has 0 bridgehead atoms. The van der Waals surface area contributed by atoms with Gasteiger partial charge < -0.3 is 27.6 Å². The Morgan fingerprint density at radius 2 is 1.77 bits per heavy atom. The second kappa shape index (κ2) is 7.38. The van der Waals surface area contributed by atoms with E-state index in [2.05, 4.69) is 5.32 Å². The first-order chi connectivity index (χ1) is 10.6. The van der Waals surface area contributed by atoms with Gasteiger partial charge >= 0.3 is 0 Å². The van der Waals surface area contributed by atoms with Crippen LogP contribution in [0.3, 0.4) is 0 Å². The maximum atomic E-state index is 9.01. The third-order valence-corrected chi connectivity index (χ3v) is 3.36. The number of nitrogens with two attached hydrogens (primary N) is 3. The van der Waals surface area contributed by atoms with E-state index in [0.717, 1.165) is 16.8 Å². The van der Waals surface area contributed by atoms with Crippen molar-refractivity contribution in [1.82, 2.24) is 0 Å². The summed E-state index contributed by atoms with van der Waals surface area (Å²) in [7, 11) is 0. The van der Waals surface area contributed by atoms with Crippen LogP contribution in [0.25, 0.3) is 6.08 Å². The van der Waals surface area contributed by atoms with E-state index < -0.39 is 0 Å². The van der Waals surface area contributed by atoms with Crippen LogP contribution >= 0.6 is 0 Å². The van der Waals surface area contributed by atoms with Crippen molar-refractivity contribution in [1.29, 1.82) is 0 Å². The molecule has 0 saturated carbocycles. The number of anilines is 4. The summed E-state index contributed by atoms with van der Waals surface area (Å²) in [5.74, 6) is 0. The highest BCUT2D eigenvalue weighted by Gasteiger charge is 2.00. The van der Waals surface area contributed by atoms with Crippen LogP contribution in [-0.4, -0.2) is 18.3 Å². The van der Waals surface area contributed by atoms with Crippen molar-refractivity contribution in [3.63, 3.8) is 0 Å². The molecule has 116 valence electrons. The van der Waals surface area contributed by atoms with Gasteiger partial charge in [0.25, 0.3) is 0 Å². The van der Waals surface area contributed by atoms with E-state index in [9.17, 15) is 0 Å². The normalized spacial score (nSPS) is 11.0. The van der Waals surface area contributed by atoms with E-state index in [0.29, 0.717) is 30.0 Å². The van der Waals surface area contributed by atoms with Gasteiger partial charge in [0.2, 0.25) is 0 Å². The zero-order chi connectivity index (χ0) is 15.9. The molecule has 0 aromatic heterocycles. The molecule has 2 rings (SSSR count). The van der Waals surface area contributed by atoms with Gasteiger partial charge in [-0.05, 0) is 53.9 Å². The zero-order valence-electron chi connectivity index (χ0n) is 12.4. The molecule has 0 radical (unpaired) electrons. The molecule has 2 aromatic carbocycles. The van der Waals surface area contributed by atoms with Crippen molar-refractivity contribution in [3.05, 3.63) is 53.6 Å². The molecule has 0 amide bonds. The van der Waals surface area contributed by atoms with Crippen molar-refractivity contribution in [2.24, 2.45) is 0 Å². The average molecular weight is 298 g/mol. The van der Waals surface area contributed by atoms with Gasteiger partial charge in [0.1, 0.15) is 0 Å². The summed E-state index contributed by atoms with van der Waals surface area (Å²) in [6.45, 7) is 0.735. The van der Waals surface area contributed by atoms with Crippen molar-refractivity contribution in [2.75, 3.05) is 35.7 Å². The summed E-state index contributed by atoms with van der Waals surface area (Å²) in [5.41, 5.74) is 22.4. The van der Waals surface area contributed by atoms with Gasteiger partial charge in [0.05, 0.1) is 0 Å². The quantitative estimate of drug-likeness (QED) is 0.524. The summed E-state index contributed by atoms with van der Waals surface area (Å²) < 4.78 is 0. The van der Waals surface area contributed by atoms with E-state index >= 15 is 0 Å². The maximum absolute atomic E-state index is 9.01. The molecule has 0 aliphatic carbocycles. The van der Waals surface area contributed by atoms with E-state index in [1.54, 1.807) is 12.1 Å². The number of benzene rings is 2. The first-order valence-electron chi connectivity index (χ1n) is 7.15. The van der Waals surface area contributed by atoms with Crippen molar-refractivity contribution in [3.8, 4) is 0 Å². The molecular weight excluding hydrogens is 276 g/mol. The monoisotopic (exact) mass is 298 g/mol. The van der Waals surface area contributed by atoms with Gasteiger partial charge in [-0.1, -0.05) is 12.2 Å². The van der Waals surface area contributed by atoms with Crippen LogP contribution in [0.1, 0.15) is 11.1 Å². The lowest BCUT2D eigenvalue weighted by molar-refractivity contribution is 0.300. The van der Waals surface area contributed by atoms with Gasteiger partial charge in [0, 0.05) is 35.9 Å². The van der Waals surface area contributed by atoms with Crippen LogP contribution < -0.4 is 22.5 Å². The van der Waals surface area contributed by atoms with Gasteiger partial charge in [-0.25, -0.2) is 0 Å². The molecule has 0 unspecified atom stereocenters. The van der Waals surface area contributed by atoms with Crippen LogP contribution in [0.2, 0.25) is 0 Å². The molecule has 2 aromatic rings. The van der Waals surface area contributed by atoms with E-state index in [1.807, 2.05) is 36.4 Å². The van der Waals surface area contributed by atoms with Gasteiger partial charge in [0.15, 0.2) is 0 Å². The molecule has 22 heavy (non-hydrogen) atoms. The fraction of sp³-hybridized carbons (Fsp3) is 0.176. The summed E-state index contributed by atoms with van der Waals surface area (Å²) >= 11 is 0. The predicted molar refractivity (Wildman–Crippen MR) is 94.4 cm³/mol. The van der Waals surface area contributed by atoms with Crippen LogP contribution in [0.15, 0.2) is 42.5 Å². The highest BCUT2D eigenvalue weighted by atomic mass is 16.2. The lowest BCUT2D eigenvalue weighted by atomic mass is 10.1. The van der Waals surface area contributed by atoms with Crippen molar-refractivity contribution in [2.45, 2.75) is 6.42 Å². The fourth-order valence-electron chi connectivity index (χ4n) is 2.15. The first kappa shape index (κ1) is 15.7. The molecular formula is C17H22N4O. The largest absolute Gasteiger partial charge is 0.399 e. The average Bonchev–Trinajstić information content (AvgIpc) is 2.50. The van der Waals surface area contributed by atoms with E-state index in [1.165, 1.54) is 0 Å². The molecule has 0 fully saturated rings. The highest BCUT2D eigenvalue weighted by molar-refractivity contribution is 5.68. The molecule has 0 heterocycles. The molecule has 0 aliphatic heterocycles. The van der Waals surface area contributed by atoms with Crippen LogP contribution in [0.4, 0.5) is 22.7 Å². The molecule has 0 spiro atoms. The minimum atomic E-state index is 0.0856. The Bertz CT molecular complexity index is 668. The van der Waals surface area contributed by atoms with E-state index in [4.69, 9.17) is 22.3 Å². The van der Waals surface area contributed by atoms with Crippen LogP contribution in [0, 0.1) is 0 Å². The number of hydrogen-bond acceptors (Lipinski definition) is 5. The Kier molecular flexibility index (Phi) is 5.27. The molecule has 5 heteroatoms. The minimum Gasteiger partial charge on any atom is -0.399 e. The summed E-state index contributed by atoms with van der Waals surface area (Å²) in [6.07, 6.45) is 4.47. The third kappa shape index (κ3) is 4.17. The molecule has 0 saturated heterocycles. The smallest absolute Gasteiger partial charge is 0.0472 e. The molecule has 0 aliphatic rings.